The number of carbonyl (C=O) groups excluding carboxylic acids is 1. The standard InChI is InChI=1S/C15H17FN2O3/c16-12-7-9(3-4-13(12)18-5-1-2-6-18)17-14(19)10-8-11(10)15(20)21/h3-4,7,10-11H,1-2,5-6,8H2,(H,17,19)(H,20,21)/t10-,11+/m1/s1. The van der Waals surface area contributed by atoms with Crippen molar-refractivity contribution in [3.8, 4) is 0 Å². The first-order valence-electron chi connectivity index (χ1n) is 7.14. The average Bonchev–Trinajstić information content (AvgIpc) is 3.08. The van der Waals surface area contributed by atoms with Crippen LogP contribution in [0.25, 0.3) is 0 Å². The lowest BCUT2D eigenvalue weighted by Gasteiger charge is -2.18. The summed E-state index contributed by atoms with van der Waals surface area (Å²) in [5.41, 5.74) is 0.928. The van der Waals surface area contributed by atoms with Crippen LogP contribution >= 0.6 is 0 Å². The molecular weight excluding hydrogens is 275 g/mol. The van der Waals surface area contributed by atoms with E-state index in [2.05, 4.69) is 5.32 Å². The molecule has 1 aliphatic carbocycles. The van der Waals surface area contributed by atoms with E-state index in [1.807, 2.05) is 4.90 Å². The van der Waals surface area contributed by atoms with Gasteiger partial charge in [-0.15, -0.1) is 0 Å². The van der Waals surface area contributed by atoms with Crippen molar-refractivity contribution in [2.24, 2.45) is 11.8 Å². The van der Waals surface area contributed by atoms with Crippen molar-refractivity contribution >= 4 is 23.3 Å². The maximum Gasteiger partial charge on any atom is 0.307 e. The van der Waals surface area contributed by atoms with Gasteiger partial charge >= 0.3 is 5.97 Å². The summed E-state index contributed by atoms with van der Waals surface area (Å²) in [6.45, 7) is 1.70. The molecule has 1 aromatic carbocycles. The predicted molar refractivity (Wildman–Crippen MR) is 75.7 cm³/mol. The van der Waals surface area contributed by atoms with E-state index in [1.165, 1.54) is 6.07 Å². The van der Waals surface area contributed by atoms with E-state index >= 15 is 0 Å². The van der Waals surface area contributed by atoms with Crippen LogP contribution in [0.2, 0.25) is 0 Å². The molecule has 0 bridgehead atoms. The van der Waals surface area contributed by atoms with E-state index in [4.69, 9.17) is 5.11 Å². The van der Waals surface area contributed by atoms with E-state index in [0.29, 0.717) is 17.8 Å². The lowest BCUT2D eigenvalue weighted by molar-refractivity contribution is -0.139. The lowest BCUT2D eigenvalue weighted by atomic mass is 10.2. The zero-order valence-corrected chi connectivity index (χ0v) is 11.5. The molecule has 1 aromatic rings. The maximum atomic E-state index is 14.1. The molecule has 2 fully saturated rings. The fourth-order valence-corrected chi connectivity index (χ4v) is 2.79. The number of hydrogen-bond acceptors (Lipinski definition) is 3. The summed E-state index contributed by atoms with van der Waals surface area (Å²) in [6.07, 6.45) is 2.49. The second-order valence-corrected chi connectivity index (χ2v) is 5.64. The number of rotatable bonds is 4. The Morgan fingerprint density at radius 1 is 1.24 bits per heavy atom. The Morgan fingerprint density at radius 2 is 1.95 bits per heavy atom. The van der Waals surface area contributed by atoms with Gasteiger partial charge in [-0.05, 0) is 37.5 Å². The molecule has 5 nitrogen and oxygen atoms in total. The van der Waals surface area contributed by atoms with Crippen molar-refractivity contribution in [1.82, 2.24) is 0 Å². The molecule has 1 heterocycles. The van der Waals surface area contributed by atoms with Gasteiger partial charge in [0.2, 0.25) is 5.91 Å². The van der Waals surface area contributed by atoms with Crippen molar-refractivity contribution in [1.29, 1.82) is 0 Å². The van der Waals surface area contributed by atoms with Crippen LogP contribution in [0.1, 0.15) is 19.3 Å². The van der Waals surface area contributed by atoms with Crippen molar-refractivity contribution in [3.63, 3.8) is 0 Å². The molecular formula is C15H17FN2O3. The van der Waals surface area contributed by atoms with Gasteiger partial charge in [0.25, 0.3) is 0 Å². The number of carbonyl (C=O) groups is 2. The summed E-state index contributed by atoms with van der Waals surface area (Å²) >= 11 is 0. The van der Waals surface area contributed by atoms with Crippen LogP contribution < -0.4 is 10.2 Å². The highest BCUT2D eigenvalue weighted by Gasteiger charge is 2.48. The Bertz CT molecular complexity index is 584. The smallest absolute Gasteiger partial charge is 0.307 e. The zero-order valence-electron chi connectivity index (χ0n) is 11.5. The third kappa shape index (κ3) is 2.84. The topological polar surface area (TPSA) is 69.6 Å². The monoisotopic (exact) mass is 292 g/mol. The zero-order chi connectivity index (χ0) is 15.0. The van der Waals surface area contributed by atoms with Gasteiger partial charge < -0.3 is 15.3 Å². The number of carboxylic acids is 1. The Hall–Kier alpha value is -2.11. The SMILES string of the molecule is O=C(O)[C@H]1C[C@H]1C(=O)Nc1ccc(N2CCCC2)c(F)c1. The third-order valence-corrected chi connectivity index (χ3v) is 4.11. The molecule has 1 saturated carbocycles. The number of aliphatic carboxylic acids is 1. The van der Waals surface area contributed by atoms with Crippen LogP contribution in [-0.2, 0) is 9.59 Å². The van der Waals surface area contributed by atoms with Crippen LogP contribution in [-0.4, -0.2) is 30.1 Å². The van der Waals surface area contributed by atoms with E-state index in [1.54, 1.807) is 12.1 Å². The van der Waals surface area contributed by atoms with Gasteiger partial charge in [0.05, 0.1) is 17.5 Å². The number of hydrogen-bond donors (Lipinski definition) is 2. The molecule has 0 unspecified atom stereocenters. The van der Waals surface area contributed by atoms with Crippen LogP contribution in [0.15, 0.2) is 18.2 Å². The molecule has 21 heavy (non-hydrogen) atoms. The Morgan fingerprint density at radius 3 is 2.52 bits per heavy atom. The number of halogens is 1. The molecule has 0 aromatic heterocycles. The molecule has 1 saturated heterocycles. The van der Waals surface area contributed by atoms with Gasteiger partial charge in [-0.25, -0.2) is 4.39 Å². The van der Waals surface area contributed by atoms with Crippen LogP contribution in [0, 0.1) is 17.7 Å². The van der Waals surface area contributed by atoms with E-state index in [0.717, 1.165) is 25.9 Å². The molecule has 0 radical (unpaired) electrons. The van der Waals surface area contributed by atoms with Crippen molar-refractivity contribution in [3.05, 3.63) is 24.0 Å². The van der Waals surface area contributed by atoms with Crippen molar-refractivity contribution in [2.45, 2.75) is 19.3 Å². The molecule has 2 atom stereocenters. The molecule has 1 aliphatic heterocycles. The number of benzene rings is 1. The molecule has 1 amide bonds. The first-order valence-corrected chi connectivity index (χ1v) is 7.14. The van der Waals surface area contributed by atoms with Gasteiger partial charge in [-0.2, -0.15) is 0 Å². The average molecular weight is 292 g/mol. The number of amides is 1. The quantitative estimate of drug-likeness (QED) is 0.891. The van der Waals surface area contributed by atoms with Crippen LogP contribution in [0.3, 0.4) is 0 Å². The first-order chi connectivity index (χ1) is 10.1. The van der Waals surface area contributed by atoms with E-state index in [9.17, 15) is 14.0 Å². The highest BCUT2D eigenvalue weighted by Crippen LogP contribution is 2.39. The summed E-state index contributed by atoms with van der Waals surface area (Å²) < 4.78 is 14.1. The summed E-state index contributed by atoms with van der Waals surface area (Å²) in [5.74, 6) is -2.76. The number of nitrogens with one attached hydrogen (secondary N) is 1. The lowest BCUT2D eigenvalue weighted by Crippen LogP contribution is -2.20. The molecule has 2 N–H and O–H groups in total. The van der Waals surface area contributed by atoms with E-state index in [-0.39, 0.29) is 11.7 Å². The molecule has 6 heteroatoms. The highest BCUT2D eigenvalue weighted by atomic mass is 19.1. The summed E-state index contributed by atoms with van der Waals surface area (Å²) in [4.78, 5) is 24.6. The predicted octanol–water partition coefficient (Wildman–Crippen LogP) is 2.09. The molecule has 3 rings (SSSR count). The summed E-state index contributed by atoms with van der Waals surface area (Å²) in [6, 6.07) is 4.62. The van der Waals surface area contributed by atoms with Gasteiger partial charge in [0.15, 0.2) is 0 Å². The fourth-order valence-electron chi connectivity index (χ4n) is 2.79. The number of carboxylic acid groups (broad SMARTS) is 1. The number of anilines is 2. The number of nitrogens with zero attached hydrogens (tertiary/aromatic N) is 1. The largest absolute Gasteiger partial charge is 0.481 e. The Labute approximate surface area is 121 Å². The Balaban J connectivity index is 1.65. The minimum Gasteiger partial charge on any atom is -0.481 e. The maximum absolute atomic E-state index is 14.1. The second kappa shape index (κ2) is 5.35. The minimum atomic E-state index is -0.953. The summed E-state index contributed by atoms with van der Waals surface area (Å²) in [7, 11) is 0. The first kappa shape index (κ1) is 13.9. The second-order valence-electron chi connectivity index (χ2n) is 5.64. The summed E-state index contributed by atoms with van der Waals surface area (Å²) in [5, 5.41) is 11.4. The van der Waals surface area contributed by atoms with Crippen LogP contribution in [0.5, 0.6) is 0 Å². The Kier molecular flexibility index (Phi) is 3.53. The highest BCUT2D eigenvalue weighted by molar-refractivity contribution is 5.98. The molecule has 0 spiro atoms. The van der Waals surface area contributed by atoms with Gasteiger partial charge in [-0.3, -0.25) is 9.59 Å². The van der Waals surface area contributed by atoms with Gasteiger partial charge in [0.1, 0.15) is 5.82 Å². The molecule has 2 aliphatic rings. The van der Waals surface area contributed by atoms with Gasteiger partial charge in [-0.1, -0.05) is 0 Å². The van der Waals surface area contributed by atoms with Crippen molar-refractivity contribution < 1.29 is 19.1 Å². The molecule has 112 valence electrons. The minimum absolute atomic E-state index is 0.351. The van der Waals surface area contributed by atoms with E-state index < -0.39 is 17.8 Å². The van der Waals surface area contributed by atoms with Gasteiger partial charge in [0, 0.05) is 18.8 Å². The van der Waals surface area contributed by atoms with Crippen molar-refractivity contribution in [2.75, 3.05) is 23.3 Å². The van der Waals surface area contributed by atoms with Crippen LogP contribution in [0.4, 0.5) is 15.8 Å². The third-order valence-electron chi connectivity index (χ3n) is 4.11. The normalized spacial score (nSPS) is 24.0. The fraction of sp³-hybridized carbons (Fsp3) is 0.467.